The number of Topliss-reactive ketones (excluding diaryl/α,β-unsaturated/α-hetero) is 1. The highest BCUT2D eigenvalue weighted by atomic mass is 32.2. The zero-order valence-corrected chi connectivity index (χ0v) is 12.6. The van der Waals surface area contributed by atoms with E-state index in [1.54, 1.807) is 12.1 Å². The van der Waals surface area contributed by atoms with Gasteiger partial charge in [-0.3, -0.25) is 9.59 Å². The largest absolute Gasteiger partial charge is 0.310 e. The minimum absolute atomic E-state index is 0.115. The number of hydrogen-bond acceptors (Lipinski definition) is 4. The molecule has 5 nitrogen and oxygen atoms in total. The van der Waals surface area contributed by atoms with Crippen LogP contribution in [0.1, 0.15) is 22.8 Å². The van der Waals surface area contributed by atoms with Gasteiger partial charge in [-0.2, -0.15) is 0 Å². The van der Waals surface area contributed by atoms with Gasteiger partial charge in [0.05, 0.1) is 11.4 Å². The first-order valence-electron chi connectivity index (χ1n) is 6.28. The van der Waals surface area contributed by atoms with Crippen molar-refractivity contribution < 1.29 is 13.2 Å². The lowest BCUT2D eigenvalue weighted by atomic mass is 10.2. The van der Waals surface area contributed by atoms with Gasteiger partial charge >= 0.3 is 0 Å². The van der Waals surface area contributed by atoms with Crippen LogP contribution >= 0.6 is 0 Å². The molecule has 1 heterocycles. The average molecular weight is 305 g/mol. The molecule has 21 heavy (non-hydrogen) atoms. The van der Waals surface area contributed by atoms with Gasteiger partial charge in [0.1, 0.15) is 0 Å². The van der Waals surface area contributed by atoms with E-state index in [9.17, 15) is 18.0 Å². The second kappa shape index (κ2) is 5.65. The van der Waals surface area contributed by atoms with Crippen LogP contribution in [-0.2, 0) is 16.4 Å². The van der Waals surface area contributed by atoms with E-state index in [1.165, 1.54) is 42.0 Å². The first kappa shape index (κ1) is 15.2. The summed E-state index contributed by atoms with van der Waals surface area (Å²) in [5.74, 6) is -0.115. The topological polar surface area (TPSA) is 73.2 Å². The van der Waals surface area contributed by atoms with Crippen molar-refractivity contribution in [2.75, 3.05) is 6.26 Å². The van der Waals surface area contributed by atoms with Crippen molar-refractivity contribution >= 4 is 15.6 Å². The number of ketones is 1. The molecule has 0 radical (unpaired) electrons. The van der Waals surface area contributed by atoms with E-state index in [0.717, 1.165) is 11.8 Å². The Bertz CT molecular complexity index is 833. The highest BCUT2D eigenvalue weighted by Crippen LogP contribution is 2.11. The number of nitrogens with zero attached hydrogens (tertiary/aromatic N) is 1. The number of aromatic nitrogens is 1. The Morgan fingerprint density at radius 2 is 1.71 bits per heavy atom. The van der Waals surface area contributed by atoms with Crippen LogP contribution < -0.4 is 5.56 Å². The van der Waals surface area contributed by atoms with Gasteiger partial charge in [0.2, 0.25) is 0 Å². The maximum atomic E-state index is 11.8. The van der Waals surface area contributed by atoms with Gasteiger partial charge in [0, 0.05) is 24.1 Å². The fourth-order valence-electron chi connectivity index (χ4n) is 1.90. The minimum Gasteiger partial charge on any atom is -0.310 e. The summed E-state index contributed by atoms with van der Waals surface area (Å²) in [5, 5.41) is 0. The first-order valence-corrected chi connectivity index (χ1v) is 8.17. The van der Waals surface area contributed by atoms with Gasteiger partial charge in [-0.1, -0.05) is 12.1 Å². The van der Waals surface area contributed by atoms with Crippen LogP contribution in [0.5, 0.6) is 0 Å². The molecule has 0 atom stereocenters. The third-order valence-electron chi connectivity index (χ3n) is 3.09. The zero-order valence-electron chi connectivity index (χ0n) is 11.7. The summed E-state index contributed by atoms with van der Waals surface area (Å²) in [5.41, 5.74) is 1.03. The van der Waals surface area contributed by atoms with Gasteiger partial charge in [-0.25, -0.2) is 8.42 Å². The summed E-state index contributed by atoms with van der Waals surface area (Å²) in [6.45, 7) is 1.72. The van der Waals surface area contributed by atoms with Crippen LogP contribution in [0.2, 0.25) is 0 Å². The predicted molar refractivity (Wildman–Crippen MR) is 79.4 cm³/mol. The summed E-state index contributed by atoms with van der Waals surface area (Å²) in [7, 11) is -3.23. The van der Waals surface area contributed by atoms with E-state index >= 15 is 0 Å². The van der Waals surface area contributed by atoms with E-state index in [2.05, 4.69) is 0 Å². The lowest BCUT2D eigenvalue weighted by Crippen LogP contribution is -2.20. The quantitative estimate of drug-likeness (QED) is 0.802. The Balaban J connectivity index is 2.32. The van der Waals surface area contributed by atoms with Crippen molar-refractivity contribution in [2.45, 2.75) is 18.4 Å². The zero-order chi connectivity index (χ0) is 15.6. The number of hydrogen-bond donors (Lipinski definition) is 0. The molecule has 110 valence electrons. The molecule has 0 aliphatic carbocycles. The van der Waals surface area contributed by atoms with Gasteiger partial charge < -0.3 is 4.57 Å². The summed E-state index contributed by atoms with van der Waals surface area (Å²) >= 11 is 0. The third kappa shape index (κ3) is 3.66. The molecule has 0 saturated heterocycles. The summed E-state index contributed by atoms with van der Waals surface area (Å²) in [6.07, 6.45) is 2.65. The highest BCUT2D eigenvalue weighted by molar-refractivity contribution is 7.90. The molecule has 0 bridgehead atoms. The van der Waals surface area contributed by atoms with Crippen molar-refractivity contribution in [1.82, 2.24) is 4.57 Å². The molecule has 0 N–H and O–H groups in total. The molecule has 1 aromatic carbocycles. The standard InChI is InChI=1S/C15H15NO4S/c1-11(17)13-5-8-15(18)16(10-13)9-12-3-6-14(7-4-12)21(2,19)20/h3-8,10H,9H2,1-2H3. The second-order valence-corrected chi connectivity index (χ2v) is 6.87. The normalized spacial score (nSPS) is 11.3. The lowest BCUT2D eigenvalue weighted by molar-refractivity contribution is 0.101. The van der Waals surface area contributed by atoms with Gasteiger partial charge in [0.25, 0.3) is 5.56 Å². The summed E-state index contributed by atoms with van der Waals surface area (Å²) in [6, 6.07) is 9.16. The molecule has 2 aromatic rings. The Labute approximate surface area is 122 Å². The molecule has 2 rings (SSSR count). The number of benzene rings is 1. The first-order chi connectivity index (χ1) is 9.77. The minimum atomic E-state index is -3.23. The molecule has 0 unspecified atom stereocenters. The monoisotopic (exact) mass is 305 g/mol. The summed E-state index contributed by atoms with van der Waals surface area (Å²) < 4.78 is 24.2. The third-order valence-corrected chi connectivity index (χ3v) is 4.22. The van der Waals surface area contributed by atoms with Gasteiger partial charge in [-0.15, -0.1) is 0 Å². The van der Waals surface area contributed by atoms with Crippen molar-refractivity contribution in [3.8, 4) is 0 Å². The smallest absolute Gasteiger partial charge is 0.250 e. The van der Waals surface area contributed by atoms with Crippen molar-refractivity contribution in [3.63, 3.8) is 0 Å². The number of rotatable bonds is 4. The molecule has 0 aliphatic heterocycles. The molecule has 0 spiro atoms. The molecule has 6 heteroatoms. The Kier molecular flexibility index (Phi) is 4.09. The SMILES string of the molecule is CC(=O)c1ccc(=O)n(Cc2ccc(S(C)(=O)=O)cc2)c1. The van der Waals surface area contributed by atoms with E-state index in [4.69, 9.17) is 0 Å². The summed E-state index contributed by atoms with van der Waals surface area (Å²) in [4.78, 5) is 23.3. The van der Waals surface area contributed by atoms with E-state index in [-0.39, 0.29) is 22.8 Å². The average Bonchev–Trinajstić information content (AvgIpc) is 2.40. The maximum Gasteiger partial charge on any atom is 0.250 e. The van der Waals surface area contributed by atoms with Crippen LogP contribution in [0.3, 0.4) is 0 Å². The molecular formula is C15H15NO4S. The maximum absolute atomic E-state index is 11.8. The molecule has 0 fully saturated rings. The van der Waals surface area contributed by atoms with Crippen LogP contribution in [0, 0.1) is 0 Å². The van der Waals surface area contributed by atoms with Gasteiger partial charge in [0.15, 0.2) is 15.6 Å². The number of carbonyl (C=O) groups is 1. The van der Waals surface area contributed by atoms with E-state index < -0.39 is 9.84 Å². The molecule has 1 aromatic heterocycles. The molecular weight excluding hydrogens is 290 g/mol. The fourth-order valence-corrected chi connectivity index (χ4v) is 2.53. The second-order valence-electron chi connectivity index (χ2n) is 4.86. The predicted octanol–water partition coefficient (Wildman–Crippen LogP) is 1.50. The molecule has 0 aliphatic rings. The number of pyridine rings is 1. The van der Waals surface area contributed by atoms with Crippen LogP contribution in [0.15, 0.2) is 52.3 Å². The molecule has 0 saturated carbocycles. The molecule has 0 amide bonds. The van der Waals surface area contributed by atoms with E-state index in [1.807, 2.05) is 0 Å². The van der Waals surface area contributed by atoms with Crippen LogP contribution in [0.4, 0.5) is 0 Å². The van der Waals surface area contributed by atoms with Crippen LogP contribution in [0.25, 0.3) is 0 Å². The number of carbonyl (C=O) groups excluding carboxylic acids is 1. The Morgan fingerprint density at radius 3 is 2.24 bits per heavy atom. The van der Waals surface area contributed by atoms with Crippen molar-refractivity contribution in [1.29, 1.82) is 0 Å². The highest BCUT2D eigenvalue weighted by Gasteiger charge is 2.07. The lowest BCUT2D eigenvalue weighted by Gasteiger charge is -2.08. The van der Waals surface area contributed by atoms with Crippen molar-refractivity contribution in [2.24, 2.45) is 0 Å². The number of sulfone groups is 1. The Morgan fingerprint density at radius 1 is 1.10 bits per heavy atom. The van der Waals surface area contributed by atoms with Gasteiger partial charge in [-0.05, 0) is 30.7 Å². The van der Waals surface area contributed by atoms with Crippen LogP contribution in [-0.4, -0.2) is 25.0 Å². The van der Waals surface area contributed by atoms with E-state index in [0.29, 0.717) is 5.56 Å². The Hall–Kier alpha value is -2.21. The fraction of sp³-hybridized carbons (Fsp3) is 0.200. The van der Waals surface area contributed by atoms with Crippen molar-refractivity contribution in [3.05, 3.63) is 64.1 Å².